The largest absolute Gasteiger partial charge is 0.323 e. The molecule has 3 heterocycles. The number of rotatable bonds is 5. The minimum absolute atomic E-state index is 0.241. The Morgan fingerprint density at radius 3 is 2.73 bits per heavy atom. The second-order valence-electron chi connectivity index (χ2n) is 6.51. The highest BCUT2D eigenvalue weighted by Crippen LogP contribution is 2.17. The number of nitrogens with zero attached hydrogens (tertiary/aromatic N) is 5. The molecule has 3 aromatic heterocycles. The number of H-pyrrole nitrogens is 1. The van der Waals surface area contributed by atoms with Crippen LogP contribution in [0.3, 0.4) is 0 Å². The molecular formula is C18H19N7O. The van der Waals surface area contributed by atoms with Crippen molar-refractivity contribution in [1.29, 1.82) is 0 Å². The first kappa shape index (κ1) is 16.1. The van der Waals surface area contributed by atoms with Crippen LogP contribution in [0.2, 0.25) is 0 Å². The Labute approximate surface area is 149 Å². The maximum absolute atomic E-state index is 12.4. The number of benzene rings is 1. The third kappa shape index (κ3) is 3.08. The zero-order chi connectivity index (χ0) is 18.1. The Hall–Kier alpha value is -3.42. The standard InChI is InChI=1S/C18H19N7O/c1-12(2)10-24-11-13(8-19-24)21-18-22-16-15(17(26)23-18)9-20-25(16)14-6-4-3-5-7-14/h3-9,11-12H,10H2,1-2H3,(H2,21,22,23,26). The van der Waals surface area contributed by atoms with E-state index in [2.05, 4.69) is 39.3 Å². The highest BCUT2D eigenvalue weighted by atomic mass is 16.1. The van der Waals surface area contributed by atoms with Crippen LogP contribution in [-0.4, -0.2) is 29.5 Å². The predicted molar refractivity (Wildman–Crippen MR) is 99.8 cm³/mol. The van der Waals surface area contributed by atoms with Crippen molar-refractivity contribution in [1.82, 2.24) is 29.5 Å². The summed E-state index contributed by atoms with van der Waals surface area (Å²) in [7, 11) is 0. The summed E-state index contributed by atoms with van der Waals surface area (Å²) in [5.41, 5.74) is 1.86. The van der Waals surface area contributed by atoms with E-state index >= 15 is 0 Å². The van der Waals surface area contributed by atoms with Crippen molar-refractivity contribution in [2.24, 2.45) is 5.92 Å². The molecule has 26 heavy (non-hydrogen) atoms. The molecule has 2 N–H and O–H groups in total. The Balaban J connectivity index is 1.70. The van der Waals surface area contributed by atoms with Gasteiger partial charge in [-0.15, -0.1) is 0 Å². The first-order valence-electron chi connectivity index (χ1n) is 8.43. The lowest BCUT2D eigenvalue weighted by Gasteiger charge is -2.06. The average Bonchev–Trinajstić information content (AvgIpc) is 3.22. The molecule has 0 spiro atoms. The second-order valence-corrected chi connectivity index (χ2v) is 6.51. The van der Waals surface area contributed by atoms with Gasteiger partial charge in [-0.3, -0.25) is 14.5 Å². The molecule has 0 bridgehead atoms. The zero-order valence-corrected chi connectivity index (χ0v) is 14.5. The molecule has 1 aromatic carbocycles. The van der Waals surface area contributed by atoms with Crippen molar-refractivity contribution in [2.45, 2.75) is 20.4 Å². The first-order chi connectivity index (χ1) is 12.6. The van der Waals surface area contributed by atoms with E-state index in [1.54, 1.807) is 10.9 Å². The molecule has 0 saturated carbocycles. The number of fused-ring (bicyclic) bond motifs is 1. The van der Waals surface area contributed by atoms with Gasteiger partial charge in [-0.05, 0) is 18.1 Å². The molecule has 8 heteroatoms. The van der Waals surface area contributed by atoms with Crippen LogP contribution in [0.4, 0.5) is 11.6 Å². The normalized spacial score (nSPS) is 11.3. The van der Waals surface area contributed by atoms with Gasteiger partial charge in [0.1, 0.15) is 5.39 Å². The van der Waals surface area contributed by atoms with Crippen LogP contribution in [0.1, 0.15) is 13.8 Å². The summed E-state index contributed by atoms with van der Waals surface area (Å²) in [6, 6.07) is 9.59. The quantitative estimate of drug-likeness (QED) is 0.578. The molecule has 4 aromatic rings. The summed E-state index contributed by atoms with van der Waals surface area (Å²) in [5, 5.41) is 12.2. The number of hydrogen-bond donors (Lipinski definition) is 2. The molecule has 0 fully saturated rings. The minimum atomic E-state index is -0.241. The fraction of sp³-hybridized carbons (Fsp3) is 0.222. The fourth-order valence-electron chi connectivity index (χ4n) is 2.77. The lowest BCUT2D eigenvalue weighted by molar-refractivity contribution is 0.483. The monoisotopic (exact) mass is 349 g/mol. The summed E-state index contributed by atoms with van der Waals surface area (Å²) in [4.78, 5) is 19.7. The average molecular weight is 349 g/mol. The van der Waals surface area contributed by atoms with Gasteiger partial charge in [-0.1, -0.05) is 32.0 Å². The third-order valence-corrected chi connectivity index (χ3v) is 3.89. The van der Waals surface area contributed by atoms with Gasteiger partial charge in [0.15, 0.2) is 5.65 Å². The Morgan fingerprint density at radius 2 is 1.96 bits per heavy atom. The molecule has 0 aliphatic heterocycles. The fourth-order valence-corrected chi connectivity index (χ4v) is 2.77. The molecule has 0 atom stereocenters. The third-order valence-electron chi connectivity index (χ3n) is 3.89. The van der Waals surface area contributed by atoms with Crippen molar-refractivity contribution in [2.75, 3.05) is 5.32 Å². The molecule has 4 rings (SSSR count). The number of aromatic nitrogens is 6. The Morgan fingerprint density at radius 1 is 1.15 bits per heavy atom. The Bertz CT molecular complexity index is 1090. The maximum atomic E-state index is 12.4. The highest BCUT2D eigenvalue weighted by Gasteiger charge is 2.12. The SMILES string of the molecule is CC(C)Cn1cc(Nc2nc3c(cnn3-c3ccccc3)c(=O)[nH]2)cn1. The van der Waals surface area contributed by atoms with E-state index in [-0.39, 0.29) is 5.56 Å². The van der Waals surface area contributed by atoms with Gasteiger partial charge in [-0.2, -0.15) is 15.2 Å². The maximum Gasteiger partial charge on any atom is 0.263 e. The summed E-state index contributed by atoms with van der Waals surface area (Å²) in [5.74, 6) is 0.849. The topological polar surface area (TPSA) is 93.4 Å². The van der Waals surface area contributed by atoms with Gasteiger partial charge in [0.25, 0.3) is 5.56 Å². The van der Waals surface area contributed by atoms with Gasteiger partial charge in [-0.25, -0.2) is 4.68 Å². The van der Waals surface area contributed by atoms with E-state index in [1.807, 2.05) is 41.2 Å². The molecule has 0 saturated heterocycles. The molecule has 0 unspecified atom stereocenters. The molecule has 0 aliphatic carbocycles. The summed E-state index contributed by atoms with van der Waals surface area (Å²) >= 11 is 0. The van der Waals surface area contributed by atoms with E-state index in [0.717, 1.165) is 17.9 Å². The van der Waals surface area contributed by atoms with Crippen molar-refractivity contribution >= 4 is 22.7 Å². The van der Waals surface area contributed by atoms with Crippen LogP contribution < -0.4 is 10.9 Å². The summed E-state index contributed by atoms with van der Waals surface area (Å²) in [6.07, 6.45) is 5.12. The number of nitrogens with one attached hydrogen (secondary N) is 2. The van der Waals surface area contributed by atoms with Crippen LogP contribution in [0.25, 0.3) is 16.7 Å². The van der Waals surface area contributed by atoms with Crippen LogP contribution in [0.15, 0.2) is 53.7 Å². The van der Waals surface area contributed by atoms with Crippen molar-refractivity contribution in [3.05, 3.63) is 59.3 Å². The number of para-hydroxylation sites is 1. The smallest absolute Gasteiger partial charge is 0.263 e. The highest BCUT2D eigenvalue weighted by molar-refractivity contribution is 5.76. The van der Waals surface area contributed by atoms with E-state index in [4.69, 9.17) is 0 Å². The van der Waals surface area contributed by atoms with Gasteiger partial charge in [0.05, 0.1) is 23.8 Å². The van der Waals surface area contributed by atoms with Gasteiger partial charge in [0, 0.05) is 12.7 Å². The molecule has 0 aliphatic rings. The molecule has 8 nitrogen and oxygen atoms in total. The summed E-state index contributed by atoms with van der Waals surface area (Å²) < 4.78 is 3.51. The van der Waals surface area contributed by atoms with E-state index in [9.17, 15) is 4.79 Å². The van der Waals surface area contributed by atoms with E-state index < -0.39 is 0 Å². The molecular weight excluding hydrogens is 330 g/mol. The van der Waals surface area contributed by atoms with E-state index in [1.165, 1.54) is 6.20 Å². The van der Waals surface area contributed by atoms with Gasteiger partial charge >= 0.3 is 0 Å². The molecule has 0 amide bonds. The van der Waals surface area contributed by atoms with Crippen LogP contribution in [0.5, 0.6) is 0 Å². The lowest BCUT2D eigenvalue weighted by atomic mass is 10.2. The zero-order valence-electron chi connectivity index (χ0n) is 14.5. The Kier molecular flexibility index (Phi) is 4.00. The van der Waals surface area contributed by atoms with Crippen LogP contribution in [0, 0.1) is 5.92 Å². The second kappa shape index (κ2) is 6.47. The number of hydrogen-bond acceptors (Lipinski definition) is 5. The minimum Gasteiger partial charge on any atom is -0.323 e. The summed E-state index contributed by atoms with van der Waals surface area (Å²) in [6.45, 7) is 5.09. The van der Waals surface area contributed by atoms with Crippen LogP contribution in [-0.2, 0) is 6.54 Å². The van der Waals surface area contributed by atoms with Gasteiger partial charge in [0.2, 0.25) is 5.95 Å². The van der Waals surface area contributed by atoms with Crippen LogP contribution >= 0.6 is 0 Å². The van der Waals surface area contributed by atoms with E-state index in [0.29, 0.717) is 22.9 Å². The molecule has 0 radical (unpaired) electrons. The van der Waals surface area contributed by atoms with Gasteiger partial charge < -0.3 is 5.32 Å². The van der Waals surface area contributed by atoms with Crippen molar-refractivity contribution in [3.8, 4) is 5.69 Å². The van der Waals surface area contributed by atoms with Crippen molar-refractivity contribution < 1.29 is 0 Å². The lowest BCUT2D eigenvalue weighted by Crippen LogP contribution is -2.11. The predicted octanol–water partition coefficient (Wildman–Crippen LogP) is 2.70. The number of anilines is 2. The van der Waals surface area contributed by atoms with Crippen molar-refractivity contribution in [3.63, 3.8) is 0 Å². The molecule has 132 valence electrons. The first-order valence-corrected chi connectivity index (χ1v) is 8.43. The number of aromatic amines is 1.